The van der Waals surface area contributed by atoms with Gasteiger partial charge in [-0.2, -0.15) is 0 Å². The van der Waals surface area contributed by atoms with Crippen LogP contribution in [0.5, 0.6) is 0 Å². The second-order valence-corrected chi connectivity index (χ2v) is 6.96. The van der Waals surface area contributed by atoms with Gasteiger partial charge in [-0.15, -0.1) is 0 Å². The molecule has 0 N–H and O–H groups in total. The molecule has 0 aliphatic rings. The number of hydrogen-bond acceptors (Lipinski definition) is 0. The molecule has 0 unspecified atom stereocenters. The number of benzene rings is 3. The second kappa shape index (κ2) is 8.33. The van der Waals surface area contributed by atoms with Gasteiger partial charge in [0, 0.05) is 0 Å². The van der Waals surface area contributed by atoms with Crippen molar-refractivity contribution in [3.8, 4) is 0 Å². The minimum atomic E-state index is 1.22. The summed E-state index contributed by atoms with van der Waals surface area (Å²) in [5.74, 6) is 0. The molecule has 0 radical (unpaired) electrons. The summed E-state index contributed by atoms with van der Waals surface area (Å²) >= 11 is 0. The van der Waals surface area contributed by atoms with Crippen molar-refractivity contribution in [2.45, 2.75) is 65.2 Å². The first kappa shape index (κ1) is 17.0. The molecule has 0 saturated heterocycles. The van der Waals surface area contributed by atoms with Crippen LogP contribution in [0.3, 0.4) is 0 Å². The van der Waals surface area contributed by atoms with Gasteiger partial charge in [0.15, 0.2) is 0 Å². The monoisotopic (exact) mass is 318 g/mol. The summed E-state index contributed by atoms with van der Waals surface area (Å²) in [6.07, 6.45) is 10.3. The maximum Gasteiger partial charge on any atom is -0.0102 e. The fraction of sp³-hybridized carbons (Fsp3) is 0.417. The maximum absolute atomic E-state index is 2.34. The van der Waals surface area contributed by atoms with Crippen molar-refractivity contribution >= 4 is 21.5 Å². The molecule has 0 fully saturated rings. The maximum atomic E-state index is 2.34. The lowest BCUT2D eigenvalue weighted by molar-refractivity contribution is 0.698. The zero-order chi connectivity index (χ0) is 16.8. The van der Waals surface area contributed by atoms with E-state index in [0.29, 0.717) is 0 Å². The van der Waals surface area contributed by atoms with Crippen molar-refractivity contribution in [3.05, 3.63) is 59.7 Å². The lowest BCUT2D eigenvalue weighted by Gasteiger charge is -2.18. The molecule has 3 rings (SSSR count). The first-order chi connectivity index (χ1) is 11.9. The Morgan fingerprint density at radius 1 is 0.500 bits per heavy atom. The quantitative estimate of drug-likeness (QED) is 0.299. The Morgan fingerprint density at radius 3 is 1.25 bits per heavy atom. The van der Waals surface area contributed by atoms with Crippen LogP contribution in [0.2, 0.25) is 0 Å². The highest BCUT2D eigenvalue weighted by Crippen LogP contribution is 2.34. The molecule has 24 heavy (non-hydrogen) atoms. The first-order valence-electron chi connectivity index (χ1n) is 9.78. The van der Waals surface area contributed by atoms with Gasteiger partial charge < -0.3 is 0 Å². The van der Waals surface area contributed by atoms with Crippen molar-refractivity contribution in [2.75, 3.05) is 0 Å². The van der Waals surface area contributed by atoms with E-state index < -0.39 is 0 Å². The van der Waals surface area contributed by atoms with Gasteiger partial charge in [0.05, 0.1) is 0 Å². The molecule has 0 bridgehead atoms. The average molecular weight is 319 g/mol. The van der Waals surface area contributed by atoms with Crippen LogP contribution in [0.15, 0.2) is 48.5 Å². The molecule has 0 atom stereocenters. The molecule has 0 aliphatic carbocycles. The van der Waals surface area contributed by atoms with Crippen molar-refractivity contribution < 1.29 is 0 Å². The van der Waals surface area contributed by atoms with E-state index in [1.54, 1.807) is 11.1 Å². The molecule has 0 heterocycles. The van der Waals surface area contributed by atoms with Crippen LogP contribution in [-0.4, -0.2) is 0 Å². The summed E-state index contributed by atoms with van der Waals surface area (Å²) in [6.45, 7) is 4.58. The summed E-state index contributed by atoms with van der Waals surface area (Å²) in [6, 6.07) is 18.1. The Morgan fingerprint density at radius 2 is 0.875 bits per heavy atom. The molecule has 0 aliphatic heterocycles. The van der Waals surface area contributed by atoms with Crippen LogP contribution in [0, 0.1) is 0 Å². The molecule has 3 aromatic carbocycles. The van der Waals surface area contributed by atoms with E-state index in [-0.39, 0.29) is 0 Å². The fourth-order valence-electron chi connectivity index (χ4n) is 3.96. The summed E-state index contributed by atoms with van der Waals surface area (Å²) in [5.41, 5.74) is 3.24. The van der Waals surface area contributed by atoms with Crippen LogP contribution in [0.4, 0.5) is 0 Å². The molecule has 126 valence electrons. The van der Waals surface area contributed by atoms with Gasteiger partial charge in [0.1, 0.15) is 0 Å². The van der Waals surface area contributed by atoms with E-state index in [2.05, 4.69) is 62.4 Å². The van der Waals surface area contributed by atoms with E-state index in [1.165, 1.54) is 72.9 Å². The molecule has 0 saturated carbocycles. The van der Waals surface area contributed by atoms with E-state index in [1.807, 2.05) is 0 Å². The minimum Gasteiger partial charge on any atom is -0.0654 e. The average Bonchev–Trinajstić information content (AvgIpc) is 2.63. The minimum absolute atomic E-state index is 1.22. The largest absolute Gasteiger partial charge is 0.0654 e. The van der Waals surface area contributed by atoms with Crippen molar-refractivity contribution in [1.82, 2.24) is 0 Å². The molecular weight excluding hydrogens is 288 g/mol. The Labute approximate surface area is 146 Å². The molecule has 0 heteroatoms. The van der Waals surface area contributed by atoms with Crippen LogP contribution >= 0.6 is 0 Å². The van der Waals surface area contributed by atoms with Gasteiger partial charge in [-0.05, 0) is 58.4 Å². The number of fused-ring (bicyclic) bond motifs is 3. The Bertz CT molecular complexity index is 729. The van der Waals surface area contributed by atoms with Crippen molar-refractivity contribution in [2.24, 2.45) is 0 Å². The predicted octanol–water partition coefficient (Wildman–Crippen LogP) is 7.46. The standard InChI is InChI=1S/C24H30/c1-3-5-7-13-19-20(14-8-6-4-2)22-16-10-12-18-24(22)23-17-11-9-15-21(19)23/h9-12,15-18H,3-8,13-14H2,1-2H3. The van der Waals surface area contributed by atoms with E-state index in [4.69, 9.17) is 0 Å². The Hall–Kier alpha value is -1.82. The van der Waals surface area contributed by atoms with Gasteiger partial charge in [-0.1, -0.05) is 88.1 Å². The van der Waals surface area contributed by atoms with Gasteiger partial charge in [0.2, 0.25) is 0 Å². The number of rotatable bonds is 8. The third-order valence-corrected chi connectivity index (χ3v) is 5.22. The number of hydrogen-bond donors (Lipinski definition) is 0. The van der Waals surface area contributed by atoms with E-state index in [9.17, 15) is 0 Å². The van der Waals surface area contributed by atoms with Gasteiger partial charge >= 0.3 is 0 Å². The van der Waals surface area contributed by atoms with Gasteiger partial charge in [-0.25, -0.2) is 0 Å². The smallest absolute Gasteiger partial charge is 0.0102 e. The summed E-state index contributed by atoms with van der Waals surface area (Å²) in [5, 5.41) is 5.83. The van der Waals surface area contributed by atoms with E-state index in [0.717, 1.165) is 0 Å². The number of unbranched alkanes of at least 4 members (excludes halogenated alkanes) is 4. The predicted molar refractivity (Wildman–Crippen MR) is 108 cm³/mol. The normalized spacial score (nSPS) is 11.4. The van der Waals surface area contributed by atoms with Gasteiger partial charge in [0.25, 0.3) is 0 Å². The number of aryl methyl sites for hydroxylation is 2. The zero-order valence-corrected chi connectivity index (χ0v) is 15.3. The van der Waals surface area contributed by atoms with Crippen LogP contribution < -0.4 is 0 Å². The zero-order valence-electron chi connectivity index (χ0n) is 15.3. The molecule has 0 amide bonds. The summed E-state index contributed by atoms with van der Waals surface area (Å²) in [4.78, 5) is 0. The summed E-state index contributed by atoms with van der Waals surface area (Å²) in [7, 11) is 0. The SMILES string of the molecule is CCCCCc1c(CCCCC)c2ccccc2c2ccccc12. The van der Waals surface area contributed by atoms with Crippen molar-refractivity contribution in [1.29, 1.82) is 0 Å². The van der Waals surface area contributed by atoms with E-state index >= 15 is 0 Å². The van der Waals surface area contributed by atoms with Crippen LogP contribution in [0.1, 0.15) is 63.5 Å². The Kier molecular flexibility index (Phi) is 5.91. The lowest BCUT2D eigenvalue weighted by Crippen LogP contribution is -1.99. The Balaban J connectivity index is 2.18. The lowest BCUT2D eigenvalue weighted by atomic mass is 9.87. The molecule has 3 aromatic rings. The van der Waals surface area contributed by atoms with Gasteiger partial charge in [-0.3, -0.25) is 0 Å². The van der Waals surface area contributed by atoms with Crippen molar-refractivity contribution in [3.63, 3.8) is 0 Å². The third kappa shape index (κ3) is 3.48. The highest BCUT2D eigenvalue weighted by Gasteiger charge is 2.13. The first-order valence-corrected chi connectivity index (χ1v) is 9.78. The van der Waals surface area contributed by atoms with Crippen LogP contribution in [-0.2, 0) is 12.8 Å². The molecule has 0 aromatic heterocycles. The second-order valence-electron chi connectivity index (χ2n) is 6.96. The fourth-order valence-corrected chi connectivity index (χ4v) is 3.96. The third-order valence-electron chi connectivity index (χ3n) is 5.22. The molecular formula is C24H30. The topological polar surface area (TPSA) is 0 Å². The molecule has 0 spiro atoms. The molecule has 0 nitrogen and oxygen atoms in total. The summed E-state index contributed by atoms with van der Waals surface area (Å²) < 4.78 is 0. The van der Waals surface area contributed by atoms with Crippen LogP contribution in [0.25, 0.3) is 21.5 Å². The highest BCUT2D eigenvalue weighted by molar-refractivity contribution is 6.10. The highest BCUT2D eigenvalue weighted by atomic mass is 14.2.